The largest absolute Gasteiger partial charge is 0.497 e. The lowest BCUT2D eigenvalue weighted by molar-refractivity contribution is -0.384. The third-order valence-electron chi connectivity index (χ3n) is 6.31. The van der Waals surface area contributed by atoms with Crippen molar-refractivity contribution in [3.05, 3.63) is 98.5 Å². The molecule has 0 radical (unpaired) electrons. The summed E-state index contributed by atoms with van der Waals surface area (Å²) < 4.78 is 6.18. The van der Waals surface area contributed by atoms with Gasteiger partial charge in [-0.2, -0.15) is 0 Å². The van der Waals surface area contributed by atoms with Crippen molar-refractivity contribution in [1.82, 2.24) is 10.9 Å². The third kappa shape index (κ3) is 3.78. The summed E-state index contributed by atoms with van der Waals surface area (Å²) in [7, 11) is 1.62. The van der Waals surface area contributed by atoms with Gasteiger partial charge in [-0.1, -0.05) is 40.2 Å². The molecule has 168 valence electrons. The highest BCUT2D eigenvalue weighted by Gasteiger charge is 2.56. The smallest absolute Gasteiger partial charge is 0.269 e. The van der Waals surface area contributed by atoms with E-state index in [0.717, 1.165) is 27.0 Å². The molecule has 0 saturated carbocycles. The summed E-state index contributed by atoms with van der Waals surface area (Å²) in [6, 6.07) is 20.7. The summed E-state index contributed by atoms with van der Waals surface area (Å²) in [6.07, 6.45) is 0. The van der Waals surface area contributed by atoms with E-state index in [2.05, 4.69) is 26.8 Å². The average molecular weight is 509 g/mol. The maximum atomic E-state index is 13.6. The monoisotopic (exact) mass is 508 g/mol. The molecule has 0 aromatic heterocycles. The predicted octanol–water partition coefficient (Wildman–Crippen LogP) is 4.29. The Hall–Kier alpha value is -3.27. The van der Waals surface area contributed by atoms with E-state index in [4.69, 9.17) is 4.74 Å². The number of nitro groups is 1. The Bertz CT molecular complexity index is 1200. The lowest BCUT2D eigenvalue weighted by Gasteiger charge is -2.31. The van der Waals surface area contributed by atoms with Crippen molar-refractivity contribution in [2.24, 2.45) is 5.92 Å². The molecule has 9 heteroatoms. The molecule has 2 saturated heterocycles. The maximum absolute atomic E-state index is 13.6. The number of hydrogen-bond acceptors (Lipinski definition) is 6. The van der Waals surface area contributed by atoms with Crippen LogP contribution in [0.25, 0.3) is 0 Å². The second-order valence-electron chi connectivity index (χ2n) is 8.08. The van der Waals surface area contributed by atoms with Crippen LogP contribution in [0.2, 0.25) is 0 Å². The number of rotatable bonds is 5. The summed E-state index contributed by atoms with van der Waals surface area (Å²) in [4.78, 5) is 26.4. The lowest BCUT2D eigenvalue weighted by atomic mass is 9.83. The Balaban J connectivity index is 1.62. The van der Waals surface area contributed by atoms with Crippen LogP contribution in [0.4, 0.5) is 11.4 Å². The number of nitrogens with one attached hydrogen (secondary N) is 2. The van der Waals surface area contributed by atoms with Crippen LogP contribution in [0.3, 0.4) is 0 Å². The van der Waals surface area contributed by atoms with Crippen molar-refractivity contribution in [2.45, 2.75) is 18.1 Å². The first-order valence-electron chi connectivity index (χ1n) is 10.5. The van der Waals surface area contributed by atoms with Gasteiger partial charge in [0.1, 0.15) is 11.8 Å². The third-order valence-corrected chi connectivity index (χ3v) is 6.84. The summed E-state index contributed by atoms with van der Waals surface area (Å²) in [5.74, 6) is 0.467. The van der Waals surface area contributed by atoms with E-state index >= 15 is 0 Å². The first-order valence-corrected chi connectivity index (χ1v) is 11.3. The number of carbonyl (C=O) groups is 1. The van der Waals surface area contributed by atoms with Crippen molar-refractivity contribution in [2.75, 3.05) is 12.0 Å². The number of hydrogen-bond donors (Lipinski definition) is 2. The fourth-order valence-corrected chi connectivity index (χ4v) is 5.08. The Morgan fingerprint density at radius 2 is 1.67 bits per heavy atom. The van der Waals surface area contributed by atoms with Crippen LogP contribution in [0.1, 0.15) is 23.2 Å². The quantitative estimate of drug-likeness (QED) is 0.394. The van der Waals surface area contributed by atoms with E-state index in [-0.39, 0.29) is 23.6 Å². The summed E-state index contributed by atoms with van der Waals surface area (Å²) in [5, 5.41) is 11.5. The van der Waals surface area contributed by atoms with Gasteiger partial charge in [-0.3, -0.25) is 14.9 Å². The Morgan fingerprint density at radius 3 is 2.33 bits per heavy atom. The molecule has 0 bridgehead atoms. The van der Waals surface area contributed by atoms with Gasteiger partial charge in [-0.15, -0.1) is 0 Å². The molecule has 3 aromatic rings. The van der Waals surface area contributed by atoms with E-state index in [0.29, 0.717) is 0 Å². The molecule has 2 heterocycles. The number of carbonyl (C=O) groups excluding carboxylic acids is 1. The summed E-state index contributed by atoms with van der Waals surface area (Å²) in [6.45, 7) is 0. The fourth-order valence-electron chi connectivity index (χ4n) is 4.81. The zero-order valence-electron chi connectivity index (χ0n) is 17.6. The van der Waals surface area contributed by atoms with Crippen molar-refractivity contribution < 1.29 is 14.5 Å². The number of nitro benzene ring substituents is 1. The van der Waals surface area contributed by atoms with Gasteiger partial charge >= 0.3 is 0 Å². The van der Waals surface area contributed by atoms with Crippen LogP contribution in [0, 0.1) is 16.0 Å². The number of ether oxygens (including phenoxy) is 1. The van der Waals surface area contributed by atoms with Crippen molar-refractivity contribution in [3.63, 3.8) is 0 Å². The highest BCUT2D eigenvalue weighted by molar-refractivity contribution is 9.10. The van der Waals surface area contributed by atoms with Gasteiger partial charge in [0.25, 0.3) is 5.69 Å². The van der Waals surface area contributed by atoms with Crippen molar-refractivity contribution in [3.8, 4) is 5.75 Å². The van der Waals surface area contributed by atoms with Crippen LogP contribution in [0.5, 0.6) is 5.75 Å². The van der Waals surface area contributed by atoms with Gasteiger partial charge in [-0.05, 0) is 47.5 Å². The topological polar surface area (TPSA) is 96.7 Å². The Labute approximate surface area is 198 Å². The van der Waals surface area contributed by atoms with Gasteiger partial charge in [0, 0.05) is 28.2 Å². The van der Waals surface area contributed by atoms with Crippen LogP contribution in [0.15, 0.2) is 77.3 Å². The molecule has 8 nitrogen and oxygen atoms in total. The number of benzene rings is 3. The molecule has 4 unspecified atom stereocenters. The zero-order chi connectivity index (χ0) is 23.1. The number of hydrazine groups is 1. The van der Waals surface area contributed by atoms with E-state index in [1.54, 1.807) is 24.1 Å². The van der Waals surface area contributed by atoms with Gasteiger partial charge < -0.3 is 9.64 Å². The van der Waals surface area contributed by atoms with Crippen LogP contribution < -0.4 is 20.5 Å². The number of amides is 1. The molecular weight excluding hydrogens is 488 g/mol. The summed E-state index contributed by atoms with van der Waals surface area (Å²) in [5.41, 5.74) is 8.92. The lowest BCUT2D eigenvalue weighted by Crippen LogP contribution is -2.41. The molecule has 2 fully saturated rings. The predicted molar refractivity (Wildman–Crippen MR) is 127 cm³/mol. The Kier molecular flexibility index (Phi) is 5.61. The molecule has 2 aliphatic rings. The van der Waals surface area contributed by atoms with Gasteiger partial charge in [0.15, 0.2) is 0 Å². The number of halogens is 1. The molecule has 4 atom stereocenters. The van der Waals surface area contributed by atoms with Crippen LogP contribution >= 0.6 is 15.9 Å². The molecular formula is C24H21BrN4O4. The standard InChI is InChI=1S/C24H21BrN4O4/c1-33-19-11-5-14(6-12-19)21-20-22(27-26-21)24(30)28(17-9-7-16(25)8-10-17)23(20)15-3-2-4-18(13-15)29(31)32/h2-13,20-23,26-27H,1H3. The Morgan fingerprint density at radius 1 is 0.970 bits per heavy atom. The van der Waals surface area contributed by atoms with Gasteiger partial charge in [0.05, 0.1) is 24.1 Å². The van der Waals surface area contributed by atoms with E-state index < -0.39 is 17.0 Å². The summed E-state index contributed by atoms with van der Waals surface area (Å²) >= 11 is 3.44. The van der Waals surface area contributed by atoms with Crippen LogP contribution in [-0.4, -0.2) is 24.0 Å². The number of nitrogens with zero attached hydrogens (tertiary/aromatic N) is 2. The zero-order valence-corrected chi connectivity index (χ0v) is 19.2. The van der Waals surface area contributed by atoms with E-state index in [9.17, 15) is 14.9 Å². The molecule has 0 aliphatic carbocycles. The minimum absolute atomic E-state index is 0.000863. The first-order chi connectivity index (χ1) is 16.0. The fraction of sp³-hybridized carbons (Fsp3) is 0.208. The first kappa shape index (κ1) is 21.6. The molecule has 1 amide bonds. The van der Waals surface area contributed by atoms with Crippen molar-refractivity contribution >= 4 is 33.2 Å². The molecule has 2 N–H and O–H groups in total. The minimum Gasteiger partial charge on any atom is -0.497 e. The number of fused-ring (bicyclic) bond motifs is 1. The maximum Gasteiger partial charge on any atom is 0.269 e. The highest BCUT2D eigenvalue weighted by atomic mass is 79.9. The van der Waals surface area contributed by atoms with Gasteiger partial charge in [0.2, 0.25) is 5.91 Å². The van der Waals surface area contributed by atoms with Crippen LogP contribution in [-0.2, 0) is 4.79 Å². The SMILES string of the molecule is COc1ccc(C2NNC3C(=O)N(c4ccc(Br)cc4)C(c4cccc([N+](=O)[O-])c4)C32)cc1. The average Bonchev–Trinajstić information content (AvgIpc) is 3.39. The normalized spacial score (nSPS) is 24.1. The molecule has 5 rings (SSSR count). The molecule has 33 heavy (non-hydrogen) atoms. The second kappa shape index (κ2) is 8.58. The minimum atomic E-state index is -0.481. The number of anilines is 1. The highest BCUT2D eigenvalue weighted by Crippen LogP contribution is 2.49. The number of non-ortho nitro benzene ring substituents is 1. The second-order valence-corrected chi connectivity index (χ2v) is 8.99. The molecule has 0 spiro atoms. The molecule has 2 aliphatic heterocycles. The number of methoxy groups -OCH3 is 1. The van der Waals surface area contributed by atoms with E-state index in [1.165, 1.54) is 6.07 Å². The molecule has 3 aromatic carbocycles. The van der Waals surface area contributed by atoms with Gasteiger partial charge in [-0.25, -0.2) is 10.9 Å². The van der Waals surface area contributed by atoms with Crippen molar-refractivity contribution in [1.29, 1.82) is 0 Å². The van der Waals surface area contributed by atoms with E-state index in [1.807, 2.05) is 54.6 Å².